The van der Waals surface area contributed by atoms with Crippen molar-refractivity contribution in [1.82, 2.24) is 0 Å². The van der Waals surface area contributed by atoms with Crippen molar-refractivity contribution in [2.75, 3.05) is 11.4 Å². The molecule has 0 bridgehead atoms. The van der Waals surface area contributed by atoms with Gasteiger partial charge in [0.25, 0.3) is 0 Å². The SMILES string of the molecule is Cc1ccc2c(c1)C(C)(C)S(=O)(=O)N2C. The fraction of sp³-hybridized carbons (Fsp3) is 0.455. The third-order valence-electron chi connectivity index (χ3n) is 3.15. The molecule has 0 atom stereocenters. The Hall–Kier alpha value is -1.03. The molecule has 15 heavy (non-hydrogen) atoms. The summed E-state index contributed by atoms with van der Waals surface area (Å²) in [5.74, 6) is 0. The van der Waals surface area contributed by atoms with Gasteiger partial charge in [-0.3, -0.25) is 4.31 Å². The minimum atomic E-state index is -3.25. The molecule has 2 rings (SSSR count). The molecule has 1 heterocycles. The van der Waals surface area contributed by atoms with Gasteiger partial charge in [-0.15, -0.1) is 0 Å². The second-order valence-corrected chi connectivity index (χ2v) is 7.02. The van der Waals surface area contributed by atoms with E-state index in [9.17, 15) is 8.42 Å². The second kappa shape index (κ2) is 2.76. The molecule has 0 fully saturated rings. The van der Waals surface area contributed by atoms with Crippen molar-refractivity contribution in [3.63, 3.8) is 0 Å². The van der Waals surface area contributed by atoms with Gasteiger partial charge in [0, 0.05) is 7.05 Å². The third kappa shape index (κ3) is 1.14. The lowest BCUT2D eigenvalue weighted by molar-refractivity contribution is 0.562. The Kier molecular flexibility index (Phi) is 1.93. The van der Waals surface area contributed by atoms with Crippen LogP contribution in [0.15, 0.2) is 18.2 Å². The van der Waals surface area contributed by atoms with E-state index in [0.717, 1.165) is 16.8 Å². The van der Waals surface area contributed by atoms with E-state index in [1.54, 1.807) is 20.9 Å². The van der Waals surface area contributed by atoms with E-state index in [4.69, 9.17) is 0 Å². The molecular weight excluding hydrogens is 210 g/mol. The number of fused-ring (bicyclic) bond motifs is 1. The molecule has 82 valence electrons. The summed E-state index contributed by atoms with van der Waals surface area (Å²) in [6.07, 6.45) is 0. The lowest BCUT2D eigenvalue weighted by Crippen LogP contribution is -2.33. The molecule has 0 spiro atoms. The zero-order valence-corrected chi connectivity index (χ0v) is 10.2. The fourth-order valence-corrected chi connectivity index (χ4v) is 3.56. The van der Waals surface area contributed by atoms with Crippen LogP contribution in [0.25, 0.3) is 0 Å². The van der Waals surface area contributed by atoms with E-state index in [-0.39, 0.29) is 0 Å². The molecule has 0 radical (unpaired) electrons. The number of anilines is 1. The maximum Gasteiger partial charge on any atom is 0.244 e. The van der Waals surface area contributed by atoms with Crippen molar-refractivity contribution in [1.29, 1.82) is 0 Å². The summed E-state index contributed by atoms with van der Waals surface area (Å²) in [6.45, 7) is 5.48. The first-order valence-electron chi connectivity index (χ1n) is 4.88. The average Bonchev–Trinajstić information content (AvgIpc) is 2.27. The molecule has 1 aliphatic heterocycles. The molecule has 0 aromatic heterocycles. The number of hydrogen-bond acceptors (Lipinski definition) is 2. The van der Waals surface area contributed by atoms with Crippen LogP contribution in [0.4, 0.5) is 5.69 Å². The first-order chi connectivity index (χ1) is 6.78. The highest BCUT2D eigenvalue weighted by molar-refractivity contribution is 7.94. The molecule has 1 aliphatic rings. The van der Waals surface area contributed by atoms with Gasteiger partial charge in [0.15, 0.2) is 0 Å². The number of rotatable bonds is 0. The quantitative estimate of drug-likeness (QED) is 0.677. The molecular formula is C11H15NO2S. The molecule has 1 aromatic carbocycles. The fourth-order valence-electron chi connectivity index (χ4n) is 2.02. The average molecular weight is 225 g/mol. The van der Waals surface area contributed by atoms with E-state index in [0.29, 0.717) is 0 Å². The van der Waals surface area contributed by atoms with Crippen LogP contribution in [-0.2, 0) is 14.8 Å². The van der Waals surface area contributed by atoms with Crippen molar-refractivity contribution in [2.24, 2.45) is 0 Å². The van der Waals surface area contributed by atoms with Crippen LogP contribution in [0.3, 0.4) is 0 Å². The van der Waals surface area contributed by atoms with Gasteiger partial charge < -0.3 is 0 Å². The smallest absolute Gasteiger partial charge is 0.244 e. The summed E-state index contributed by atoms with van der Waals surface area (Å²) in [6, 6.07) is 5.76. The number of nitrogens with zero attached hydrogens (tertiary/aromatic N) is 1. The van der Waals surface area contributed by atoms with Gasteiger partial charge in [0.2, 0.25) is 10.0 Å². The number of benzene rings is 1. The second-order valence-electron chi connectivity index (χ2n) is 4.50. The molecule has 0 unspecified atom stereocenters. The summed E-state index contributed by atoms with van der Waals surface area (Å²) >= 11 is 0. The lowest BCUT2D eigenvalue weighted by atomic mass is 9.98. The standard InChI is InChI=1S/C11H15NO2S/c1-8-5-6-10-9(7-8)11(2,3)15(13,14)12(10)4/h5-7H,1-4H3. The Labute approximate surface area is 90.8 Å². The highest BCUT2D eigenvalue weighted by atomic mass is 32.2. The topological polar surface area (TPSA) is 37.4 Å². The van der Waals surface area contributed by atoms with Gasteiger partial charge in [-0.2, -0.15) is 0 Å². The van der Waals surface area contributed by atoms with Crippen molar-refractivity contribution < 1.29 is 8.42 Å². The largest absolute Gasteiger partial charge is 0.272 e. The molecule has 3 nitrogen and oxygen atoms in total. The summed E-state index contributed by atoms with van der Waals surface area (Å²) in [4.78, 5) is 0. The first kappa shape index (κ1) is 10.5. The van der Waals surface area contributed by atoms with Gasteiger partial charge >= 0.3 is 0 Å². The number of aryl methyl sites for hydroxylation is 1. The van der Waals surface area contributed by atoms with Crippen LogP contribution >= 0.6 is 0 Å². The summed E-state index contributed by atoms with van der Waals surface area (Å²) in [5.41, 5.74) is 2.78. The molecule has 0 N–H and O–H groups in total. The zero-order valence-electron chi connectivity index (χ0n) is 9.40. The van der Waals surface area contributed by atoms with Crippen LogP contribution in [-0.4, -0.2) is 15.5 Å². The zero-order chi connectivity index (χ0) is 11.4. The van der Waals surface area contributed by atoms with Gasteiger partial charge in [-0.25, -0.2) is 8.42 Å². The maximum absolute atomic E-state index is 12.1. The normalized spacial score (nSPS) is 21.5. The Morgan fingerprint density at radius 2 is 1.87 bits per heavy atom. The van der Waals surface area contributed by atoms with E-state index >= 15 is 0 Å². The van der Waals surface area contributed by atoms with Crippen LogP contribution < -0.4 is 4.31 Å². The van der Waals surface area contributed by atoms with Gasteiger partial charge in [-0.1, -0.05) is 17.7 Å². The van der Waals surface area contributed by atoms with Gasteiger partial charge in [0.1, 0.15) is 4.75 Å². The molecule has 1 aromatic rings. The lowest BCUT2D eigenvalue weighted by Gasteiger charge is -2.19. The van der Waals surface area contributed by atoms with Gasteiger partial charge in [-0.05, 0) is 32.4 Å². The van der Waals surface area contributed by atoms with Crippen molar-refractivity contribution in [3.8, 4) is 0 Å². The molecule has 0 saturated carbocycles. The Bertz CT molecular complexity index is 517. The predicted molar refractivity (Wildman–Crippen MR) is 61.5 cm³/mol. The molecule has 0 saturated heterocycles. The summed E-state index contributed by atoms with van der Waals surface area (Å²) < 4.78 is 24.8. The van der Waals surface area contributed by atoms with Crippen molar-refractivity contribution >= 4 is 15.7 Å². The Morgan fingerprint density at radius 1 is 1.27 bits per heavy atom. The van der Waals surface area contributed by atoms with Crippen LogP contribution in [0.5, 0.6) is 0 Å². The Balaban J connectivity index is 2.81. The summed E-state index contributed by atoms with van der Waals surface area (Å²) in [5, 5.41) is 0. The van der Waals surface area contributed by atoms with E-state index in [1.165, 1.54) is 4.31 Å². The highest BCUT2D eigenvalue weighted by Crippen LogP contribution is 2.45. The van der Waals surface area contributed by atoms with Crippen LogP contribution in [0.1, 0.15) is 25.0 Å². The third-order valence-corrected chi connectivity index (χ3v) is 5.57. The highest BCUT2D eigenvalue weighted by Gasteiger charge is 2.47. The van der Waals surface area contributed by atoms with Crippen LogP contribution in [0.2, 0.25) is 0 Å². The van der Waals surface area contributed by atoms with E-state index in [1.807, 2.05) is 25.1 Å². The van der Waals surface area contributed by atoms with E-state index in [2.05, 4.69) is 0 Å². The molecule has 0 aliphatic carbocycles. The minimum Gasteiger partial charge on any atom is -0.272 e. The first-order valence-corrected chi connectivity index (χ1v) is 6.32. The molecule has 0 amide bonds. The minimum absolute atomic E-state index is 0.797. The van der Waals surface area contributed by atoms with Crippen molar-refractivity contribution in [3.05, 3.63) is 29.3 Å². The number of sulfonamides is 1. The van der Waals surface area contributed by atoms with Gasteiger partial charge in [0.05, 0.1) is 5.69 Å². The van der Waals surface area contributed by atoms with Crippen LogP contribution in [0, 0.1) is 6.92 Å². The van der Waals surface area contributed by atoms with Crippen molar-refractivity contribution in [2.45, 2.75) is 25.5 Å². The Morgan fingerprint density at radius 3 is 2.47 bits per heavy atom. The maximum atomic E-state index is 12.1. The monoisotopic (exact) mass is 225 g/mol. The van der Waals surface area contributed by atoms with E-state index < -0.39 is 14.8 Å². The summed E-state index contributed by atoms with van der Waals surface area (Å²) in [7, 11) is -1.64. The molecule has 4 heteroatoms. The number of hydrogen-bond donors (Lipinski definition) is 0. The predicted octanol–water partition coefficient (Wildman–Crippen LogP) is 2.01.